The van der Waals surface area contributed by atoms with E-state index in [0.29, 0.717) is 13.0 Å². The standard InChI is InChI=1S/C17H18ClFO/c1-3-20-17-9-4-12(2)10-15(17)16(18)11-13-5-7-14(19)8-6-13/h4-10,16H,3,11H2,1-2H3. The highest BCUT2D eigenvalue weighted by atomic mass is 35.5. The first kappa shape index (κ1) is 14.9. The molecule has 0 saturated carbocycles. The minimum absolute atomic E-state index is 0.193. The van der Waals surface area contributed by atoms with E-state index in [1.54, 1.807) is 12.1 Å². The minimum Gasteiger partial charge on any atom is -0.494 e. The van der Waals surface area contributed by atoms with Crippen molar-refractivity contribution < 1.29 is 9.13 Å². The van der Waals surface area contributed by atoms with Crippen molar-refractivity contribution in [3.05, 3.63) is 65.0 Å². The van der Waals surface area contributed by atoms with Gasteiger partial charge in [0.1, 0.15) is 11.6 Å². The first-order valence-corrected chi connectivity index (χ1v) is 7.15. The number of ether oxygens (including phenoxy) is 1. The molecule has 3 heteroatoms. The Morgan fingerprint density at radius 3 is 2.50 bits per heavy atom. The number of alkyl halides is 1. The smallest absolute Gasteiger partial charge is 0.123 e. The SMILES string of the molecule is CCOc1ccc(C)cc1C(Cl)Cc1ccc(F)cc1. The zero-order valence-electron chi connectivity index (χ0n) is 11.7. The van der Waals surface area contributed by atoms with Gasteiger partial charge in [-0.15, -0.1) is 11.6 Å². The summed E-state index contributed by atoms with van der Waals surface area (Å²) in [6, 6.07) is 12.5. The highest BCUT2D eigenvalue weighted by Gasteiger charge is 2.15. The van der Waals surface area contributed by atoms with Crippen molar-refractivity contribution in [2.45, 2.75) is 25.6 Å². The Balaban J connectivity index is 2.21. The zero-order valence-corrected chi connectivity index (χ0v) is 12.5. The molecular weight excluding hydrogens is 275 g/mol. The second kappa shape index (κ2) is 6.76. The lowest BCUT2D eigenvalue weighted by Crippen LogP contribution is -2.02. The molecule has 0 saturated heterocycles. The largest absolute Gasteiger partial charge is 0.494 e. The molecule has 0 amide bonds. The van der Waals surface area contributed by atoms with Gasteiger partial charge in [-0.3, -0.25) is 0 Å². The molecule has 0 N–H and O–H groups in total. The number of benzene rings is 2. The van der Waals surface area contributed by atoms with Crippen LogP contribution in [0.1, 0.15) is 29.0 Å². The van der Waals surface area contributed by atoms with Crippen molar-refractivity contribution >= 4 is 11.6 Å². The summed E-state index contributed by atoms with van der Waals surface area (Å²) < 4.78 is 18.5. The first-order chi connectivity index (χ1) is 9.60. The third kappa shape index (κ3) is 3.73. The van der Waals surface area contributed by atoms with Gasteiger partial charge in [0.15, 0.2) is 0 Å². The molecule has 0 aliphatic heterocycles. The lowest BCUT2D eigenvalue weighted by molar-refractivity contribution is 0.336. The summed E-state index contributed by atoms with van der Waals surface area (Å²) in [5.74, 6) is 0.589. The van der Waals surface area contributed by atoms with Crippen LogP contribution in [0.4, 0.5) is 4.39 Å². The summed E-state index contributed by atoms with van der Waals surface area (Å²) in [4.78, 5) is 0. The van der Waals surface area contributed by atoms with E-state index < -0.39 is 0 Å². The van der Waals surface area contributed by atoms with E-state index in [-0.39, 0.29) is 11.2 Å². The van der Waals surface area contributed by atoms with E-state index in [2.05, 4.69) is 0 Å². The Bertz CT molecular complexity index is 566. The van der Waals surface area contributed by atoms with Crippen molar-refractivity contribution in [1.29, 1.82) is 0 Å². The van der Waals surface area contributed by atoms with Crippen molar-refractivity contribution in [1.82, 2.24) is 0 Å². The van der Waals surface area contributed by atoms with Gasteiger partial charge in [-0.25, -0.2) is 4.39 Å². The fraction of sp³-hybridized carbons (Fsp3) is 0.294. The summed E-state index contributed by atoms with van der Waals surface area (Å²) in [6.07, 6.45) is 0.644. The van der Waals surface area contributed by atoms with E-state index in [0.717, 1.165) is 22.4 Å². The van der Waals surface area contributed by atoms with Crippen molar-refractivity contribution in [3.8, 4) is 5.75 Å². The topological polar surface area (TPSA) is 9.23 Å². The lowest BCUT2D eigenvalue weighted by Gasteiger charge is -2.16. The predicted octanol–water partition coefficient (Wildman–Crippen LogP) is 5.06. The van der Waals surface area contributed by atoms with Crippen LogP contribution >= 0.6 is 11.6 Å². The molecule has 0 aliphatic carbocycles. The Kier molecular flexibility index (Phi) is 5.02. The molecular formula is C17H18ClFO. The lowest BCUT2D eigenvalue weighted by atomic mass is 10.0. The Hall–Kier alpha value is -1.54. The van der Waals surface area contributed by atoms with Gasteiger partial charge in [-0.1, -0.05) is 29.8 Å². The molecule has 20 heavy (non-hydrogen) atoms. The van der Waals surface area contributed by atoms with E-state index in [4.69, 9.17) is 16.3 Å². The van der Waals surface area contributed by atoms with Crippen molar-refractivity contribution in [2.24, 2.45) is 0 Å². The minimum atomic E-state index is -0.231. The molecule has 1 unspecified atom stereocenters. The molecule has 1 atom stereocenters. The summed E-state index contributed by atoms with van der Waals surface area (Å²) in [7, 11) is 0. The zero-order chi connectivity index (χ0) is 14.5. The fourth-order valence-corrected chi connectivity index (χ4v) is 2.49. The molecule has 2 rings (SSSR count). The van der Waals surface area contributed by atoms with E-state index in [1.165, 1.54) is 12.1 Å². The number of halogens is 2. The molecule has 0 fully saturated rings. The number of rotatable bonds is 5. The average molecular weight is 293 g/mol. The van der Waals surface area contributed by atoms with Gasteiger partial charge in [0.25, 0.3) is 0 Å². The van der Waals surface area contributed by atoms with Crippen LogP contribution in [0.3, 0.4) is 0 Å². The van der Waals surface area contributed by atoms with Gasteiger partial charge in [-0.05, 0) is 44.0 Å². The van der Waals surface area contributed by atoms with Gasteiger partial charge < -0.3 is 4.74 Å². The van der Waals surface area contributed by atoms with Gasteiger partial charge in [0, 0.05) is 5.56 Å². The van der Waals surface area contributed by atoms with Crippen LogP contribution in [0.25, 0.3) is 0 Å². The van der Waals surface area contributed by atoms with Crippen LogP contribution in [-0.4, -0.2) is 6.61 Å². The second-order valence-electron chi connectivity index (χ2n) is 4.77. The third-order valence-electron chi connectivity index (χ3n) is 3.13. The van der Waals surface area contributed by atoms with Crippen LogP contribution in [0, 0.1) is 12.7 Å². The molecule has 2 aromatic rings. The van der Waals surface area contributed by atoms with E-state index >= 15 is 0 Å². The van der Waals surface area contributed by atoms with Crippen LogP contribution in [0.2, 0.25) is 0 Å². The van der Waals surface area contributed by atoms with Gasteiger partial charge >= 0.3 is 0 Å². The summed E-state index contributed by atoms with van der Waals surface area (Å²) in [5.41, 5.74) is 3.14. The molecule has 0 bridgehead atoms. The van der Waals surface area contributed by atoms with Gasteiger partial charge in [0.05, 0.1) is 12.0 Å². The van der Waals surface area contributed by atoms with Crippen LogP contribution < -0.4 is 4.74 Å². The normalized spacial score (nSPS) is 12.2. The van der Waals surface area contributed by atoms with Crippen molar-refractivity contribution in [3.63, 3.8) is 0 Å². The van der Waals surface area contributed by atoms with E-state index in [9.17, 15) is 4.39 Å². The Morgan fingerprint density at radius 1 is 1.15 bits per heavy atom. The maximum atomic E-state index is 12.9. The second-order valence-corrected chi connectivity index (χ2v) is 5.30. The van der Waals surface area contributed by atoms with E-state index in [1.807, 2.05) is 32.0 Å². The quantitative estimate of drug-likeness (QED) is 0.700. The molecule has 2 aromatic carbocycles. The molecule has 0 heterocycles. The van der Waals surface area contributed by atoms with Crippen LogP contribution in [0.5, 0.6) is 5.75 Å². The third-order valence-corrected chi connectivity index (χ3v) is 3.52. The van der Waals surface area contributed by atoms with Gasteiger partial charge in [-0.2, -0.15) is 0 Å². The Labute approximate surface area is 124 Å². The summed E-state index contributed by atoms with van der Waals surface area (Å²) in [6.45, 7) is 4.59. The molecule has 0 radical (unpaired) electrons. The maximum Gasteiger partial charge on any atom is 0.123 e. The molecule has 0 aliphatic rings. The monoisotopic (exact) mass is 292 g/mol. The number of hydrogen-bond donors (Lipinski definition) is 0. The van der Waals surface area contributed by atoms with Crippen LogP contribution in [0.15, 0.2) is 42.5 Å². The summed E-state index contributed by atoms with van der Waals surface area (Å²) >= 11 is 6.52. The molecule has 1 nitrogen and oxygen atoms in total. The highest BCUT2D eigenvalue weighted by Crippen LogP contribution is 2.33. The maximum absolute atomic E-state index is 12.9. The number of aryl methyl sites for hydroxylation is 1. The fourth-order valence-electron chi connectivity index (χ4n) is 2.14. The molecule has 0 aromatic heterocycles. The van der Waals surface area contributed by atoms with Crippen LogP contribution in [-0.2, 0) is 6.42 Å². The summed E-state index contributed by atoms with van der Waals surface area (Å²) in [5, 5.41) is -0.193. The molecule has 106 valence electrons. The average Bonchev–Trinajstić information content (AvgIpc) is 2.43. The number of hydrogen-bond acceptors (Lipinski definition) is 1. The highest BCUT2D eigenvalue weighted by molar-refractivity contribution is 6.21. The van der Waals surface area contributed by atoms with Crippen molar-refractivity contribution in [2.75, 3.05) is 6.61 Å². The Morgan fingerprint density at radius 2 is 1.85 bits per heavy atom. The molecule has 0 spiro atoms. The first-order valence-electron chi connectivity index (χ1n) is 6.72. The van der Waals surface area contributed by atoms with Gasteiger partial charge in [0.2, 0.25) is 0 Å². The predicted molar refractivity (Wildman–Crippen MR) is 81.0 cm³/mol.